The summed E-state index contributed by atoms with van der Waals surface area (Å²) in [6.45, 7) is 4.43. The van der Waals surface area contributed by atoms with Crippen molar-refractivity contribution in [1.82, 2.24) is 0 Å². The number of carboxylic acids is 1. The van der Waals surface area contributed by atoms with E-state index < -0.39 is 43.3 Å². The molecular formula is C12H22O8. The van der Waals surface area contributed by atoms with Crippen molar-refractivity contribution in [3.05, 3.63) is 12.2 Å². The Bertz CT molecular complexity index is 321. The highest BCUT2D eigenvalue weighted by molar-refractivity contribution is 5.86. The van der Waals surface area contributed by atoms with Crippen molar-refractivity contribution >= 4 is 11.9 Å². The molecule has 0 rings (SSSR count). The zero-order valence-electron chi connectivity index (χ0n) is 11.6. The van der Waals surface area contributed by atoms with Crippen molar-refractivity contribution in [2.24, 2.45) is 5.41 Å². The fourth-order valence-corrected chi connectivity index (χ4v) is 0.533. The van der Waals surface area contributed by atoms with E-state index in [9.17, 15) is 9.59 Å². The zero-order chi connectivity index (χ0) is 16.3. The van der Waals surface area contributed by atoms with Gasteiger partial charge in [-0.1, -0.05) is 6.58 Å². The van der Waals surface area contributed by atoms with Crippen molar-refractivity contribution in [3.8, 4) is 0 Å². The van der Waals surface area contributed by atoms with E-state index in [0.29, 0.717) is 0 Å². The first-order valence-electron chi connectivity index (χ1n) is 5.71. The lowest BCUT2D eigenvalue weighted by Crippen LogP contribution is -2.35. The zero-order valence-corrected chi connectivity index (χ0v) is 11.6. The number of hydrogen-bond acceptors (Lipinski definition) is 7. The lowest BCUT2D eigenvalue weighted by molar-refractivity contribution is -0.153. The fourth-order valence-electron chi connectivity index (χ4n) is 0.533. The van der Waals surface area contributed by atoms with Crippen LogP contribution in [0.2, 0.25) is 0 Å². The summed E-state index contributed by atoms with van der Waals surface area (Å²) >= 11 is 0. The van der Waals surface area contributed by atoms with Crippen LogP contribution in [0.15, 0.2) is 12.2 Å². The molecule has 1 atom stereocenters. The molecule has 0 bridgehead atoms. The van der Waals surface area contributed by atoms with Crippen LogP contribution in [-0.2, 0) is 14.3 Å². The standard InChI is InChI=1S/C7H12O4.C5H10O4/c1-5(2)7(10)11-4-6(9)3-8;1-5(2-6,3-7)4(8)9/h6,8-9H,1,3-4H2,2H3;6-7H,2-3H2,1H3,(H,8,9). The molecule has 0 saturated carbocycles. The van der Waals surface area contributed by atoms with E-state index in [4.69, 9.17) is 25.5 Å². The maximum Gasteiger partial charge on any atom is 0.333 e. The molecule has 1 unspecified atom stereocenters. The molecule has 20 heavy (non-hydrogen) atoms. The van der Waals surface area contributed by atoms with Gasteiger partial charge in [0.15, 0.2) is 0 Å². The summed E-state index contributed by atoms with van der Waals surface area (Å²) in [6.07, 6.45) is -1.00. The third kappa shape index (κ3) is 8.59. The quantitative estimate of drug-likeness (QED) is 0.282. The summed E-state index contributed by atoms with van der Waals surface area (Å²) in [5, 5.41) is 42.2. The van der Waals surface area contributed by atoms with Gasteiger partial charge in [0.25, 0.3) is 0 Å². The minimum atomic E-state index is -1.39. The van der Waals surface area contributed by atoms with Gasteiger partial charge in [0.1, 0.15) is 18.1 Å². The van der Waals surface area contributed by atoms with Gasteiger partial charge >= 0.3 is 11.9 Å². The number of rotatable bonds is 7. The Balaban J connectivity index is 0. The second-order valence-corrected chi connectivity index (χ2v) is 4.40. The molecule has 5 N–H and O–H groups in total. The summed E-state index contributed by atoms with van der Waals surface area (Å²) in [4.78, 5) is 20.8. The van der Waals surface area contributed by atoms with Gasteiger partial charge in [-0.15, -0.1) is 0 Å². The van der Waals surface area contributed by atoms with Gasteiger partial charge in [0, 0.05) is 5.57 Å². The summed E-state index contributed by atoms with van der Waals surface area (Å²) < 4.78 is 4.51. The molecule has 0 spiro atoms. The number of aliphatic carboxylic acids is 1. The molecule has 0 heterocycles. The Morgan fingerprint density at radius 2 is 1.70 bits per heavy atom. The molecule has 0 aliphatic carbocycles. The fraction of sp³-hybridized carbons (Fsp3) is 0.667. The average Bonchev–Trinajstić information content (AvgIpc) is 2.43. The maximum atomic E-state index is 10.6. The first-order valence-corrected chi connectivity index (χ1v) is 5.71. The average molecular weight is 294 g/mol. The van der Waals surface area contributed by atoms with Crippen LogP contribution < -0.4 is 0 Å². The van der Waals surface area contributed by atoms with E-state index in [1.54, 1.807) is 0 Å². The molecule has 118 valence electrons. The van der Waals surface area contributed by atoms with Crippen molar-refractivity contribution in [1.29, 1.82) is 0 Å². The Kier molecular flexibility index (Phi) is 10.8. The van der Waals surface area contributed by atoms with Crippen molar-refractivity contribution in [2.45, 2.75) is 20.0 Å². The normalized spacial score (nSPS) is 11.9. The van der Waals surface area contributed by atoms with E-state index >= 15 is 0 Å². The Hall–Kier alpha value is -1.48. The lowest BCUT2D eigenvalue weighted by atomic mass is 9.94. The molecule has 0 aliphatic heterocycles. The number of carbonyl (C=O) groups excluding carboxylic acids is 1. The number of aliphatic hydroxyl groups excluding tert-OH is 4. The van der Waals surface area contributed by atoms with E-state index in [1.807, 2.05) is 0 Å². The largest absolute Gasteiger partial charge is 0.481 e. The highest BCUT2D eigenvalue weighted by atomic mass is 16.5. The highest BCUT2D eigenvalue weighted by Gasteiger charge is 2.31. The van der Waals surface area contributed by atoms with Gasteiger partial charge in [-0.3, -0.25) is 4.79 Å². The smallest absolute Gasteiger partial charge is 0.333 e. The number of hydrogen-bond donors (Lipinski definition) is 5. The first-order chi connectivity index (χ1) is 9.14. The molecule has 0 aromatic carbocycles. The summed E-state index contributed by atoms with van der Waals surface area (Å²) in [5.41, 5.74) is -1.12. The number of carboxylic acid groups (broad SMARTS) is 1. The Morgan fingerprint density at radius 3 is 1.90 bits per heavy atom. The number of ether oxygens (including phenoxy) is 1. The minimum Gasteiger partial charge on any atom is -0.481 e. The molecule has 0 saturated heterocycles. The van der Waals surface area contributed by atoms with Crippen LogP contribution in [-0.4, -0.2) is 70.0 Å². The van der Waals surface area contributed by atoms with Crippen LogP contribution >= 0.6 is 0 Å². The van der Waals surface area contributed by atoms with Gasteiger partial charge < -0.3 is 30.3 Å². The van der Waals surface area contributed by atoms with Crippen molar-refractivity contribution < 1.29 is 39.9 Å². The van der Waals surface area contributed by atoms with Crippen LogP contribution in [0.3, 0.4) is 0 Å². The third-order valence-electron chi connectivity index (χ3n) is 2.18. The Labute approximate surface area is 116 Å². The number of esters is 1. The molecular weight excluding hydrogens is 272 g/mol. The molecule has 0 radical (unpaired) electrons. The van der Waals surface area contributed by atoms with Crippen molar-refractivity contribution in [2.75, 3.05) is 26.4 Å². The van der Waals surface area contributed by atoms with Gasteiger partial charge in [-0.25, -0.2) is 4.79 Å². The SMILES string of the molecule is C=C(C)C(=O)OCC(O)CO.CC(CO)(CO)C(=O)O. The minimum absolute atomic E-state index is 0.192. The van der Waals surface area contributed by atoms with Crippen LogP contribution in [0.1, 0.15) is 13.8 Å². The maximum absolute atomic E-state index is 10.6. The second kappa shape index (κ2) is 10.3. The summed E-state index contributed by atoms with van der Waals surface area (Å²) in [5.74, 6) is -1.75. The number of aliphatic hydroxyl groups is 4. The van der Waals surface area contributed by atoms with Crippen molar-refractivity contribution in [3.63, 3.8) is 0 Å². The number of carbonyl (C=O) groups is 2. The highest BCUT2D eigenvalue weighted by Crippen LogP contribution is 2.12. The van der Waals surface area contributed by atoms with E-state index in [-0.39, 0.29) is 12.2 Å². The molecule has 0 aliphatic rings. The molecule has 8 nitrogen and oxygen atoms in total. The van der Waals surface area contributed by atoms with Gasteiger partial charge in [0.2, 0.25) is 0 Å². The predicted molar refractivity (Wildman–Crippen MR) is 68.8 cm³/mol. The van der Waals surface area contributed by atoms with E-state index in [1.165, 1.54) is 13.8 Å². The second-order valence-electron chi connectivity index (χ2n) is 4.40. The first kappa shape index (κ1) is 20.8. The molecule has 0 aromatic heterocycles. The molecule has 0 fully saturated rings. The monoisotopic (exact) mass is 294 g/mol. The predicted octanol–water partition coefficient (Wildman–Crippen LogP) is -1.48. The lowest BCUT2D eigenvalue weighted by Gasteiger charge is -2.17. The van der Waals surface area contributed by atoms with Gasteiger partial charge in [-0.05, 0) is 13.8 Å². The van der Waals surface area contributed by atoms with E-state index in [0.717, 1.165) is 0 Å². The van der Waals surface area contributed by atoms with Crippen LogP contribution in [0.4, 0.5) is 0 Å². The molecule has 0 aromatic rings. The topological polar surface area (TPSA) is 145 Å². The molecule has 8 heteroatoms. The Morgan fingerprint density at radius 1 is 1.25 bits per heavy atom. The van der Waals surface area contributed by atoms with Gasteiger partial charge in [-0.2, -0.15) is 0 Å². The third-order valence-corrected chi connectivity index (χ3v) is 2.18. The summed E-state index contributed by atoms with van der Waals surface area (Å²) in [6, 6.07) is 0. The molecule has 0 amide bonds. The van der Waals surface area contributed by atoms with Gasteiger partial charge in [0.05, 0.1) is 19.8 Å². The van der Waals surface area contributed by atoms with Crippen LogP contribution in [0, 0.1) is 5.41 Å². The van der Waals surface area contributed by atoms with Crippen LogP contribution in [0.25, 0.3) is 0 Å². The van der Waals surface area contributed by atoms with Crippen LogP contribution in [0.5, 0.6) is 0 Å². The summed E-state index contributed by atoms with van der Waals surface area (Å²) in [7, 11) is 0. The van der Waals surface area contributed by atoms with E-state index in [2.05, 4.69) is 11.3 Å².